The first-order valence-electron chi connectivity index (χ1n) is 8.74. The molecule has 4 nitrogen and oxygen atoms in total. The summed E-state index contributed by atoms with van der Waals surface area (Å²) in [5.41, 5.74) is 2.71. The van der Waals surface area contributed by atoms with Gasteiger partial charge in [0.15, 0.2) is 11.6 Å². The Labute approximate surface area is 166 Å². The van der Waals surface area contributed by atoms with Gasteiger partial charge in [0.05, 0.1) is 10.6 Å². The van der Waals surface area contributed by atoms with Crippen molar-refractivity contribution in [3.63, 3.8) is 0 Å². The van der Waals surface area contributed by atoms with Gasteiger partial charge in [-0.1, -0.05) is 47.0 Å². The van der Waals surface area contributed by atoms with Gasteiger partial charge in [-0.2, -0.15) is 0 Å². The molecule has 0 bridgehead atoms. The molecule has 0 aliphatic carbocycles. The number of aryl methyl sites for hydroxylation is 1. The second-order valence-corrected chi connectivity index (χ2v) is 7.22. The van der Waals surface area contributed by atoms with Crippen molar-refractivity contribution >= 4 is 35.1 Å². The van der Waals surface area contributed by atoms with Gasteiger partial charge in [-0.3, -0.25) is 0 Å². The van der Waals surface area contributed by atoms with E-state index in [0.29, 0.717) is 10.8 Å². The minimum atomic E-state index is 0.186. The van der Waals surface area contributed by atoms with Gasteiger partial charge in [-0.25, -0.2) is 15.0 Å². The predicted molar refractivity (Wildman–Crippen MR) is 113 cm³/mol. The zero-order valence-electron chi connectivity index (χ0n) is 15.2. The first-order chi connectivity index (χ1) is 13.7. The van der Waals surface area contributed by atoms with Crippen molar-refractivity contribution in [3.8, 4) is 10.6 Å². The molecule has 4 aromatic rings. The number of thiazole rings is 1. The lowest BCUT2D eigenvalue weighted by Crippen LogP contribution is -2.07. The van der Waals surface area contributed by atoms with E-state index < -0.39 is 0 Å². The summed E-state index contributed by atoms with van der Waals surface area (Å²) in [6, 6.07) is 18.8. The van der Waals surface area contributed by atoms with Crippen molar-refractivity contribution in [2.24, 2.45) is 0 Å². The summed E-state index contributed by atoms with van der Waals surface area (Å²) in [5.74, 6) is 0.394. The number of aromatic nitrogens is 3. The molecule has 3 aromatic heterocycles. The summed E-state index contributed by atoms with van der Waals surface area (Å²) in [5, 5.41) is 1.36. The second-order valence-electron chi connectivity index (χ2n) is 6.16. The monoisotopic (exact) mass is 388 g/mol. The normalized spacial score (nSPS) is 11.1. The number of pyridine rings is 2. The molecule has 0 fully saturated rings. The fourth-order valence-electron chi connectivity index (χ4n) is 2.63. The molecule has 0 amide bonds. The number of nitrogens with zero attached hydrogens (tertiary/aromatic N) is 4. The molecular weight excluding hydrogens is 371 g/mol. The second kappa shape index (κ2) is 8.10. The molecule has 0 saturated carbocycles. The van der Waals surface area contributed by atoms with E-state index in [0.717, 1.165) is 21.0 Å². The minimum absolute atomic E-state index is 0.186. The van der Waals surface area contributed by atoms with Gasteiger partial charge < -0.3 is 0 Å². The molecule has 0 saturated heterocycles. The van der Waals surface area contributed by atoms with Crippen molar-refractivity contribution < 1.29 is 4.48 Å². The van der Waals surface area contributed by atoms with Crippen LogP contribution in [0.1, 0.15) is 16.1 Å². The van der Waals surface area contributed by atoms with Crippen molar-refractivity contribution in [1.29, 1.82) is 0 Å². The summed E-state index contributed by atoms with van der Waals surface area (Å²) in [6.07, 6.45) is 7.31. The first-order valence-corrected chi connectivity index (χ1v) is 9.56. The van der Waals surface area contributed by atoms with E-state index in [1.807, 2.05) is 61.5 Å². The quantitative estimate of drug-likeness (QED) is 0.387. The van der Waals surface area contributed by atoms with Crippen LogP contribution in [0.3, 0.4) is 0 Å². The van der Waals surface area contributed by atoms with E-state index in [2.05, 4.69) is 15.0 Å². The maximum Gasteiger partial charge on any atom is 0.165 e. The summed E-state index contributed by atoms with van der Waals surface area (Å²) < 4.78 is 14.7. The number of hydrogen-bond acceptors (Lipinski definition) is 5. The fourth-order valence-corrected chi connectivity index (χ4v) is 3.42. The third kappa shape index (κ3) is 4.13. The van der Waals surface area contributed by atoms with E-state index in [4.69, 9.17) is 0 Å². The van der Waals surface area contributed by atoms with Gasteiger partial charge in [0, 0.05) is 12.4 Å². The molecule has 4 rings (SSSR count). The Kier molecular flexibility index (Phi) is 5.21. The van der Waals surface area contributed by atoms with E-state index in [1.54, 1.807) is 30.6 Å². The Bertz CT molecular complexity index is 1110. The van der Waals surface area contributed by atoms with Gasteiger partial charge in [0.1, 0.15) is 5.01 Å². The van der Waals surface area contributed by atoms with Crippen LogP contribution in [-0.2, 0) is 0 Å². The number of hydrogen-bond donors (Lipinski definition) is 0. The lowest BCUT2D eigenvalue weighted by atomic mass is 10.2. The van der Waals surface area contributed by atoms with E-state index in [-0.39, 0.29) is 11.6 Å². The van der Waals surface area contributed by atoms with E-state index >= 15 is 0 Å². The highest BCUT2D eigenvalue weighted by atomic mass is 32.1. The van der Waals surface area contributed by atoms with Crippen LogP contribution in [0, 0.1) is 6.92 Å². The third-order valence-corrected chi connectivity index (χ3v) is 5.02. The third-order valence-electron chi connectivity index (χ3n) is 4.03. The maximum atomic E-state index is 14.7. The molecule has 0 spiro atoms. The number of benzene rings is 1. The van der Waals surface area contributed by atoms with Crippen LogP contribution in [-0.4, -0.2) is 15.0 Å². The highest BCUT2D eigenvalue weighted by molar-refractivity contribution is 7.15. The molecule has 28 heavy (non-hydrogen) atoms. The molecule has 0 aliphatic rings. The van der Waals surface area contributed by atoms with Gasteiger partial charge >= 0.3 is 0 Å². The Morgan fingerprint density at radius 2 is 1.79 bits per heavy atom. The van der Waals surface area contributed by atoms with E-state index in [9.17, 15) is 4.48 Å². The topological polar surface area (TPSA) is 41.9 Å². The van der Waals surface area contributed by atoms with Crippen LogP contribution in [0.5, 0.6) is 0 Å². The number of anilines is 2. The van der Waals surface area contributed by atoms with Crippen LogP contribution in [0.15, 0.2) is 73.1 Å². The molecule has 0 unspecified atom stereocenters. The summed E-state index contributed by atoms with van der Waals surface area (Å²) in [7, 11) is 0. The van der Waals surface area contributed by atoms with Crippen molar-refractivity contribution in [1.82, 2.24) is 15.0 Å². The van der Waals surface area contributed by atoms with Crippen molar-refractivity contribution in [2.75, 3.05) is 5.12 Å². The molecule has 0 aliphatic heterocycles. The van der Waals surface area contributed by atoms with Crippen molar-refractivity contribution in [2.45, 2.75) is 6.92 Å². The average Bonchev–Trinajstić information content (AvgIpc) is 3.22. The Morgan fingerprint density at radius 3 is 2.61 bits per heavy atom. The largest absolute Gasteiger partial charge is 0.244 e. The lowest BCUT2D eigenvalue weighted by molar-refractivity contribution is 0.493. The van der Waals surface area contributed by atoms with Crippen LogP contribution < -0.4 is 5.12 Å². The minimum Gasteiger partial charge on any atom is -0.244 e. The summed E-state index contributed by atoms with van der Waals surface area (Å²) >= 11 is 1.51. The highest BCUT2D eigenvalue weighted by Gasteiger charge is 2.13. The predicted octanol–water partition coefficient (Wildman–Crippen LogP) is 6.10. The Morgan fingerprint density at radius 1 is 0.929 bits per heavy atom. The lowest BCUT2D eigenvalue weighted by Gasteiger charge is -2.12. The van der Waals surface area contributed by atoms with Crippen molar-refractivity contribution in [3.05, 3.63) is 89.2 Å². The zero-order valence-corrected chi connectivity index (χ0v) is 16.0. The maximum absolute atomic E-state index is 14.7. The smallest absolute Gasteiger partial charge is 0.165 e. The SMILES string of the molecule is Cc1ccnc(N(F)c2cccc(-c3cnc(C=Cc4ccccc4)s3)n2)c1. The van der Waals surface area contributed by atoms with Crippen LogP contribution in [0.2, 0.25) is 0 Å². The average molecular weight is 388 g/mol. The molecule has 138 valence electrons. The molecule has 3 heterocycles. The van der Waals surface area contributed by atoms with Gasteiger partial charge in [0.2, 0.25) is 0 Å². The van der Waals surface area contributed by atoms with Crippen LogP contribution >= 0.6 is 11.3 Å². The number of rotatable bonds is 5. The van der Waals surface area contributed by atoms with E-state index in [1.165, 1.54) is 11.3 Å². The highest BCUT2D eigenvalue weighted by Crippen LogP contribution is 2.29. The summed E-state index contributed by atoms with van der Waals surface area (Å²) in [6.45, 7) is 1.89. The van der Waals surface area contributed by atoms with Gasteiger partial charge in [-0.15, -0.1) is 16.5 Å². The van der Waals surface area contributed by atoms with Gasteiger partial charge in [0.25, 0.3) is 0 Å². The Hall–Kier alpha value is -3.38. The standard InChI is InChI=1S/C22H17FN4S/c1-16-12-13-24-21(14-16)27(23)20-9-5-8-18(26-20)19-15-25-22(28-19)11-10-17-6-3-2-4-7-17/h2-15H,1H3. The van der Waals surface area contributed by atoms with Gasteiger partial charge in [-0.05, 0) is 48.4 Å². The molecule has 0 N–H and O–H groups in total. The Balaban J connectivity index is 1.56. The number of halogens is 1. The zero-order chi connectivity index (χ0) is 19.3. The summed E-state index contributed by atoms with van der Waals surface area (Å²) in [4.78, 5) is 13.8. The molecular formula is C22H17FN4S. The molecule has 0 atom stereocenters. The molecule has 1 aromatic carbocycles. The molecule has 6 heteroatoms. The fraction of sp³-hybridized carbons (Fsp3) is 0.0455. The van der Waals surface area contributed by atoms with Crippen LogP contribution in [0.4, 0.5) is 16.1 Å². The first kappa shape index (κ1) is 18.0. The van der Waals surface area contributed by atoms with Crippen LogP contribution in [0.25, 0.3) is 22.7 Å². The molecule has 0 radical (unpaired) electrons.